The predicted molar refractivity (Wildman–Crippen MR) is 92.7 cm³/mol. The SMILES string of the molecule is O=C1OI(OC(=O)C23CC4CC(CC(O)(C4)C2)C3)c2ccccc21. The number of aliphatic hydroxyl groups is 1. The fourth-order valence-corrected chi connectivity index (χ4v) is 8.93. The van der Waals surface area contributed by atoms with Gasteiger partial charge in [-0.05, 0) is 0 Å². The Kier molecular flexibility index (Phi) is 3.11. The summed E-state index contributed by atoms with van der Waals surface area (Å²) in [6.45, 7) is 0. The van der Waals surface area contributed by atoms with Gasteiger partial charge in [0.25, 0.3) is 0 Å². The van der Waals surface area contributed by atoms with Crippen LogP contribution in [0, 0.1) is 20.8 Å². The number of carbonyl (C=O) groups excluding carboxylic acids is 2. The summed E-state index contributed by atoms with van der Waals surface area (Å²) in [5, 5.41) is 10.8. The topological polar surface area (TPSA) is 72.8 Å². The second kappa shape index (κ2) is 4.94. The fraction of sp³-hybridized carbons (Fsp3) is 0.556. The summed E-state index contributed by atoms with van der Waals surface area (Å²) < 4.78 is 12.0. The monoisotopic (exact) mass is 442 g/mol. The second-order valence-corrected chi connectivity index (χ2v) is 11.2. The standard InChI is InChI=1S/C18H19IO5/c20-15-13-3-1-2-4-14(13)19(23-15)24-16(21)17-6-11-5-12(7-17)9-18(22,8-11)10-17/h1-4,11-12,22H,5-10H2. The van der Waals surface area contributed by atoms with Gasteiger partial charge in [-0.25, -0.2) is 0 Å². The van der Waals surface area contributed by atoms with Crippen molar-refractivity contribution in [1.29, 1.82) is 0 Å². The van der Waals surface area contributed by atoms with E-state index in [4.69, 9.17) is 6.13 Å². The third kappa shape index (κ3) is 2.15. The minimum absolute atomic E-state index is 0.246. The van der Waals surface area contributed by atoms with Crippen LogP contribution in [0.15, 0.2) is 24.3 Å². The van der Waals surface area contributed by atoms with Crippen molar-refractivity contribution in [2.24, 2.45) is 17.3 Å². The Balaban J connectivity index is 1.41. The summed E-state index contributed by atoms with van der Waals surface area (Å²) in [4.78, 5) is 25.0. The molecule has 4 fully saturated rings. The summed E-state index contributed by atoms with van der Waals surface area (Å²) in [6.07, 6.45) is 4.88. The van der Waals surface area contributed by atoms with E-state index in [0.717, 1.165) is 35.7 Å². The zero-order valence-corrected chi connectivity index (χ0v) is 15.3. The first-order chi connectivity index (χ1) is 11.5. The molecule has 2 unspecified atom stereocenters. The molecule has 4 saturated carbocycles. The number of carbonyl (C=O) groups is 2. The van der Waals surface area contributed by atoms with Gasteiger partial charge in [-0.3, -0.25) is 0 Å². The number of rotatable bonds is 2. The molecule has 0 amide bonds. The van der Waals surface area contributed by atoms with Crippen LogP contribution in [0.5, 0.6) is 0 Å². The maximum absolute atomic E-state index is 13.0. The first kappa shape index (κ1) is 15.1. The summed E-state index contributed by atoms with van der Waals surface area (Å²) in [6, 6.07) is 7.17. The van der Waals surface area contributed by atoms with Crippen LogP contribution >= 0.6 is 20.6 Å². The van der Waals surface area contributed by atoms with E-state index in [2.05, 4.69) is 0 Å². The molecule has 4 aliphatic carbocycles. The van der Waals surface area contributed by atoms with Crippen LogP contribution in [-0.4, -0.2) is 22.6 Å². The number of fused-ring (bicyclic) bond motifs is 1. The van der Waals surface area contributed by atoms with E-state index in [-0.39, 0.29) is 11.9 Å². The summed E-state index contributed by atoms with van der Waals surface area (Å²) in [5.41, 5.74) is -0.739. The molecule has 24 heavy (non-hydrogen) atoms. The molecule has 1 aliphatic heterocycles. The van der Waals surface area contributed by atoms with Gasteiger partial charge in [-0.15, -0.1) is 0 Å². The molecular weight excluding hydrogens is 423 g/mol. The summed E-state index contributed by atoms with van der Waals surface area (Å²) in [7, 11) is 0. The Morgan fingerprint density at radius 3 is 2.62 bits per heavy atom. The Labute approximate surface area is 148 Å². The van der Waals surface area contributed by atoms with E-state index in [1.807, 2.05) is 12.1 Å². The molecule has 1 N–H and O–H groups in total. The average Bonchev–Trinajstić information content (AvgIpc) is 2.82. The zero-order valence-electron chi connectivity index (χ0n) is 13.2. The van der Waals surface area contributed by atoms with Crippen LogP contribution in [0.25, 0.3) is 0 Å². The molecule has 4 bridgehead atoms. The Morgan fingerprint density at radius 2 is 1.92 bits per heavy atom. The molecule has 0 saturated heterocycles. The van der Waals surface area contributed by atoms with Gasteiger partial charge in [0.1, 0.15) is 0 Å². The molecular formula is C18H19IO5. The van der Waals surface area contributed by atoms with Gasteiger partial charge in [-0.1, -0.05) is 0 Å². The van der Waals surface area contributed by atoms with Crippen LogP contribution in [0.3, 0.4) is 0 Å². The van der Waals surface area contributed by atoms with Gasteiger partial charge in [0.15, 0.2) is 0 Å². The van der Waals surface area contributed by atoms with E-state index in [9.17, 15) is 14.7 Å². The molecule has 1 heterocycles. The maximum atomic E-state index is 13.0. The van der Waals surface area contributed by atoms with Gasteiger partial charge >= 0.3 is 148 Å². The van der Waals surface area contributed by atoms with Crippen molar-refractivity contribution < 1.29 is 20.8 Å². The van der Waals surface area contributed by atoms with Crippen LogP contribution in [0.1, 0.15) is 48.9 Å². The van der Waals surface area contributed by atoms with E-state index in [1.165, 1.54) is 0 Å². The Hall–Kier alpha value is -1.15. The van der Waals surface area contributed by atoms with Crippen LogP contribution in [0.4, 0.5) is 0 Å². The van der Waals surface area contributed by atoms with Crippen molar-refractivity contribution in [1.82, 2.24) is 0 Å². The third-order valence-electron chi connectivity index (χ3n) is 6.00. The van der Waals surface area contributed by atoms with Crippen molar-refractivity contribution in [3.63, 3.8) is 0 Å². The third-order valence-corrected chi connectivity index (χ3v) is 9.49. The molecule has 6 rings (SSSR count). The van der Waals surface area contributed by atoms with Crippen LogP contribution < -0.4 is 0 Å². The van der Waals surface area contributed by atoms with Gasteiger partial charge in [0.05, 0.1) is 0 Å². The Morgan fingerprint density at radius 1 is 1.21 bits per heavy atom. The first-order valence-electron chi connectivity index (χ1n) is 8.44. The van der Waals surface area contributed by atoms with E-state index >= 15 is 0 Å². The predicted octanol–water partition coefficient (Wildman–Crippen LogP) is 3.24. The second-order valence-electron chi connectivity index (χ2n) is 7.89. The molecule has 0 spiro atoms. The van der Waals surface area contributed by atoms with Crippen molar-refractivity contribution in [2.45, 2.75) is 44.1 Å². The molecule has 0 aromatic heterocycles. The van der Waals surface area contributed by atoms with Crippen LogP contribution in [0.2, 0.25) is 0 Å². The number of hydrogen-bond donors (Lipinski definition) is 1. The molecule has 2 atom stereocenters. The van der Waals surface area contributed by atoms with E-state index in [0.29, 0.717) is 23.8 Å². The molecule has 1 aromatic rings. The van der Waals surface area contributed by atoms with Gasteiger partial charge in [-0.2, -0.15) is 0 Å². The zero-order chi connectivity index (χ0) is 16.5. The summed E-state index contributed by atoms with van der Waals surface area (Å²) >= 11 is -2.73. The van der Waals surface area contributed by atoms with Crippen LogP contribution in [-0.2, 0) is 10.9 Å². The first-order valence-corrected chi connectivity index (χ1v) is 11.3. The average molecular weight is 442 g/mol. The molecule has 5 nitrogen and oxygen atoms in total. The van der Waals surface area contributed by atoms with Gasteiger partial charge in [0, 0.05) is 0 Å². The van der Waals surface area contributed by atoms with Crippen molar-refractivity contribution >= 4 is 32.6 Å². The Bertz CT molecular complexity index is 731. The molecule has 6 heteroatoms. The van der Waals surface area contributed by atoms with Gasteiger partial charge < -0.3 is 0 Å². The quantitative estimate of drug-likeness (QED) is 0.713. The normalized spacial score (nSPS) is 40.4. The molecule has 5 aliphatic rings. The fourth-order valence-electron chi connectivity index (χ4n) is 5.56. The van der Waals surface area contributed by atoms with Crippen molar-refractivity contribution in [3.8, 4) is 0 Å². The van der Waals surface area contributed by atoms with Gasteiger partial charge in [0.2, 0.25) is 0 Å². The molecule has 128 valence electrons. The van der Waals surface area contributed by atoms with Crippen molar-refractivity contribution in [2.75, 3.05) is 0 Å². The van der Waals surface area contributed by atoms with E-state index < -0.39 is 31.7 Å². The molecule has 0 radical (unpaired) electrons. The number of benzene rings is 1. The van der Waals surface area contributed by atoms with E-state index in [1.54, 1.807) is 12.1 Å². The number of halogens is 1. The molecule has 1 aromatic carbocycles. The van der Waals surface area contributed by atoms with Crippen molar-refractivity contribution in [3.05, 3.63) is 33.4 Å². The number of hydrogen-bond acceptors (Lipinski definition) is 5. The minimum atomic E-state index is -2.73. The summed E-state index contributed by atoms with van der Waals surface area (Å²) in [5.74, 6) is 0.217.